The molecule has 0 unspecified atom stereocenters. The predicted molar refractivity (Wildman–Crippen MR) is 122 cm³/mol. The molecule has 1 aliphatic rings. The molecule has 2 rings (SSSR count). The van der Waals surface area contributed by atoms with E-state index in [1.54, 1.807) is 0 Å². The van der Waals surface area contributed by atoms with Crippen molar-refractivity contribution in [1.29, 1.82) is 0 Å². The Hall–Kier alpha value is -0.860. The summed E-state index contributed by atoms with van der Waals surface area (Å²) >= 11 is 0. The summed E-state index contributed by atoms with van der Waals surface area (Å²) in [7, 11) is 0. The van der Waals surface area contributed by atoms with Gasteiger partial charge in [0.2, 0.25) is 0 Å². The number of nitrogens with two attached hydrogens (primary N) is 1. The average molecular weight is 473 g/mol. The minimum Gasteiger partial charge on any atom is -0.370 e. The van der Waals surface area contributed by atoms with Gasteiger partial charge in [0.25, 0.3) is 0 Å². The summed E-state index contributed by atoms with van der Waals surface area (Å²) in [5.41, 5.74) is 8.49. The lowest BCUT2D eigenvalue weighted by Crippen LogP contribution is -2.45. The van der Waals surface area contributed by atoms with Crippen molar-refractivity contribution >= 4 is 29.9 Å². The van der Waals surface area contributed by atoms with E-state index in [0.29, 0.717) is 18.4 Å². The maximum Gasteiger partial charge on any atom is 0.188 e. The zero-order chi connectivity index (χ0) is 18.1. The normalized spacial score (nSPS) is 16.5. The molecule has 3 N–H and O–H groups in total. The first kappa shape index (κ1) is 23.2. The molecule has 1 heterocycles. The van der Waals surface area contributed by atoms with E-state index >= 15 is 0 Å². The van der Waals surface area contributed by atoms with E-state index in [9.17, 15) is 0 Å². The fraction of sp³-hybridized carbons (Fsp3) is 0.650. The Balaban J connectivity index is 0.00000338. The minimum absolute atomic E-state index is 0. The number of halogens is 1. The Bertz CT molecular complexity index is 522. The second-order valence-electron chi connectivity index (χ2n) is 7.34. The van der Waals surface area contributed by atoms with Crippen molar-refractivity contribution in [3.05, 3.63) is 35.4 Å². The Morgan fingerprint density at radius 3 is 2.23 bits per heavy atom. The first-order chi connectivity index (χ1) is 12.1. The van der Waals surface area contributed by atoms with Crippen LogP contribution >= 0.6 is 24.0 Å². The maximum atomic E-state index is 5.91. The van der Waals surface area contributed by atoms with Crippen LogP contribution in [0, 0.1) is 5.92 Å². The van der Waals surface area contributed by atoms with Crippen LogP contribution in [0.4, 0.5) is 0 Å². The van der Waals surface area contributed by atoms with Crippen molar-refractivity contribution in [1.82, 2.24) is 15.1 Å². The number of nitrogens with one attached hydrogen (secondary N) is 1. The second-order valence-corrected chi connectivity index (χ2v) is 7.34. The van der Waals surface area contributed by atoms with E-state index in [1.165, 1.54) is 43.9 Å². The Morgan fingerprint density at radius 2 is 1.65 bits per heavy atom. The van der Waals surface area contributed by atoms with Crippen LogP contribution in [0.1, 0.15) is 38.3 Å². The average Bonchev–Trinajstić information content (AvgIpc) is 2.61. The van der Waals surface area contributed by atoms with E-state index in [0.717, 1.165) is 19.5 Å². The molecule has 1 saturated heterocycles. The fourth-order valence-corrected chi connectivity index (χ4v) is 2.99. The summed E-state index contributed by atoms with van der Waals surface area (Å²) in [5.74, 6) is 1.22. The largest absolute Gasteiger partial charge is 0.370 e. The number of hydrogen-bond donors (Lipinski definition) is 2. The van der Waals surface area contributed by atoms with Gasteiger partial charge in [-0.15, -0.1) is 24.0 Å². The molecule has 0 saturated carbocycles. The van der Waals surface area contributed by atoms with Crippen LogP contribution < -0.4 is 11.1 Å². The van der Waals surface area contributed by atoms with Crippen molar-refractivity contribution in [2.45, 2.75) is 40.3 Å². The molecule has 148 valence electrons. The zero-order valence-corrected chi connectivity index (χ0v) is 18.9. The number of hydrogen-bond acceptors (Lipinski definition) is 3. The van der Waals surface area contributed by atoms with Crippen LogP contribution in [-0.4, -0.2) is 55.0 Å². The highest BCUT2D eigenvalue weighted by atomic mass is 127. The van der Waals surface area contributed by atoms with Crippen molar-refractivity contribution in [3.63, 3.8) is 0 Å². The number of piperazine rings is 1. The number of rotatable bonds is 8. The van der Waals surface area contributed by atoms with Gasteiger partial charge in [0.15, 0.2) is 5.96 Å². The van der Waals surface area contributed by atoms with Gasteiger partial charge in [-0.3, -0.25) is 4.90 Å². The number of likely N-dealkylation sites (N-methyl/N-ethyl adjacent to an activating group) is 1. The van der Waals surface area contributed by atoms with Gasteiger partial charge >= 0.3 is 0 Å². The molecule has 26 heavy (non-hydrogen) atoms. The number of guanidine groups is 1. The summed E-state index contributed by atoms with van der Waals surface area (Å²) in [6, 6.07) is 8.78. The standard InChI is InChI=1S/C20H35N5.HI/c1-4-24-11-13-25(14-12-24)16-19-7-5-18(6-8-19)15-23-20(21)22-10-9-17(2)3;/h5-8,17H,4,9-16H2,1-3H3,(H3,21,22,23);1H. The zero-order valence-electron chi connectivity index (χ0n) is 16.6. The lowest BCUT2D eigenvalue weighted by molar-refractivity contribution is 0.132. The predicted octanol–water partition coefficient (Wildman–Crippen LogP) is 2.89. The Labute approximate surface area is 176 Å². The molecule has 5 nitrogen and oxygen atoms in total. The first-order valence-corrected chi connectivity index (χ1v) is 9.63. The lowest BCUT2D eigenvalue weighted by atomic mass is 10.1. The fourth-order valence-electron chi connectivity index (χ4n) is 2.99. The van der Waals surface area contributed by atoms with Crippen LogP contribution in [0.5, 0.6) is 0 Å². The van der Waals surface area contributed by atoms with Gasteiger partial charge < -0.3 is 16.0 Å². The van der Waals surface area contributed by atoms with Gasteiger partial charge in [-0.05, 0) is 30.0 Å². The molecule has 0 atom stereocenters. The van der Waals surface area contributed by atoms with E-state index < -0.39 is 0 Å². The summed E-state index contributed by atoms with van der Waals surface area (Å²) in [5, 5.41) is 3.18. The van der Waals surface area contributed by atoms with Crippen LogP contribution in [0.3, 0.4) is 0 Å². The van der Waals surface area contributed by atoms with Crippen molar-refractivity contribution in [2.24, 2.45) is 16.6 Å². The van der Waals surface area contributed by atoms with E-state index in [2.05, 4.69) is 65.1 Å². The lowest BCUT2D eigenvalue weighted by Gasteiger charge is -2.34. The van der Waals surface area contributed by atoms with Gasteiger partial charge in [-0.25, -0.2) is 4.99 Å². The third-order valence-electron chi connectivity index (χ3n) is 4.80. The quantitative estimate of drug-likeness (QED) is 0.347. The molecular formula is C20H36IN5. The van der Waals surface area contributed by atoms with Gasteiger partial charge in [-0.1, -0.05) is 45.0 Å². The molecule has 0 aromatic heterocycles. The summed E-state index contributed by atoms with van der Waals surface area (Å²) in [6.45, 7) is 15.1. The highest BCUT2D eigenvalue weighted by Crippen LogP contribution is 2.11. The molecule has 1 aliphatic heterocycles. The van der Waals surface area contributed by atoms with Gasteiger partial charge in [0.1, 0.15) is 0 Å². The van der Waals surface area contributed by atoms with Crippen LogP contribution in [0.2, 0.25) is 0 Å². The number of nitrogens with zero attached hydrogens (tertiary/aromatic N) is 3. The molecule has 6 heteroatoms. The highest BCUT2D eigenvalue weighted by molar-refractivity contribution is 14.0. The summed E-state index contributed by atoms with van der Waals surface area (Å²) in [4.78, 5) is 9.47. The van der Waals surface area contributed by atoms with Crippen molar-refractivity contribution in [3.8, 4) is 0 Å². The number of benzene rings is 1. The van der Waals surface area contributed by atoms with Gasteiger partial charge in [0, 0.05) is 39.3 Å². The molecule has 0 amide bonds. The highest BCUT2D eigenvalue weighted by Gasteiger charge is 2.15. The summed E-state index contributed by atoms with van der Waals surface area (Å²) < 4.78 is 0. The SMILES string of the molecule is CCN1CCN(Cc2ccc(CN=C(N)NCCC(C)C)cc2)CC1.I. The maximum absolute atomic E-state index is 5.91. The third kappa shape index (κ3) is 8.68. The van der Waals surface area contributed by atoms with E-state index in [-0.39, 0.29) is 24.0 Å². The Morgan fingerprint density at radius 1 is 1.08 bits per heavy atom. The van der Waals surface area contributed by atoms with E-state index in [1.807, 2.05) is 0 Å². The minimum atomic E-state index is 0. The van der Waals surface area contributed by atoms with Gasteiger partial charge in [-0.2, -0.15) is 0 Å². The molecule has 0 aliphatic carbocycles. The van der Waals surface area contributed by atoms with Crippen molar-refractivity contribution in [2.75, 3.05) is 39.3 Å². The van der Waals surface area contributed by atoms with Crippen molar-refractivity contribution < 1.29 is 0 Å². The molecule has 0 bridgehead atoms. The molecule has 0 radical (unpaired) electrons. The molecule has 1 aromatic carbocycles. The van der Waals surface area contributed by atoms with Crippen LogP contribution in [-0.2, 0) is 13.1 Å². The molecule has 1 aromatic rings. The first-order valence-electron chi connectivity index (χ1n) is 9.63. The van der Waals surface area contributed by atoms with Gasteiger partial charge in [0.05, 0.1) is 6.54 Å². The second kappa shape index (κ2) is 12.5. The molecular weight excluding hydrogens is 437 g/mol. The summed E-state index contributed by atoms with van der Waals surface area (Å²) in [6.07, 6.45) is 1.11. The number of aliphatic imine (C=N–C) groups is 1. The monoisotopic (exact) mass is 473 g/mol. The topological polar surface area (TPSA) is 56.9 Å². The van der Waals surface area contributed by atoms with E-state index in [4.69, 9.17) is 5.73 Å². The van der Waals surface area contributed by atoms with Crippen LogP contribution in [0.15, 0.2) is 29.3 Å². The molecule has 1 fully saturated rings. The van der Waals surface area contributed by atoms with Crippen LogP contribution in [0.25, 0.3) is 0 Å². The Kier molecular flexibility index (Phi) is 11.2. The smallest absolute Gasteiger partial charge is 0.188 e. The third-order valence-corrected chi connectivity index (χ3v) is 4.80. The molecule has 0 spiro atoms.